The molecule has 20 heavy (non-hydrogen) atoms. The average molecular weight is 294 g/mol. The average Bonchev–Trinajstić information content (AvgIpc) is 2.38. The van der Waals surface area contributed by atoms with Gasteiger partial charge in [-0.3, -0.25) is 10.1 Å². The standard InChI is InChI=1S/C13H12ClN3O3/c1-8(2)13-15-11(14)7-12(16-13)20-10-5-3-4-9(6-10)17(18)19/h3-8H,1-2H3. The summed E-state index contributed by atoms with van der Waals surface area (Å²) in [7, 11) is 0. The normalized spacial score (nSPS) is 10.6. The van der Waals surface area contributed by atoms with Gasteiger partial charge in [0.25, 0.3) is 5.69 Å². The van der Waals surface area contributed by atoms with Gasteiger partial charge in [-0.25, -0.2) is 4.98 Å². The maximum Gasteiger partial charge on any atom is 0.273 e. The number of non-ortho nitro benzene ring substituents is 1. The minimum absolute atomic E-state index is 0.0493. The molecule has 0 radical (unpaired) electrons. The first-order valence-corrected chi connectivity index (χ1v) is 6.30. The Hall–Kier alpha value is -2.21. The molecule has 0 fully saturated rings. The van der Waals surface area contributed by atoms with Crippen LogP contribution in [0.3, 0.4) is 0 Å². The number of halogens is 1. The van der Waals surface area contributed by atoms with Crippen LogP contribution in [0.4, 0.5) is 5.69 Å². The van der Waals surface area contributed by atoms with Gasteiger partial charge in [-0.2, -0.15) is 4.98 Å². The highest BCUT2D eigenvalue weighted by Gasteiger charge is 2.11. The van der Waals surface area contributed by atoms with Gasteiger partial charge in [0.1, 0.15) is 16.7 Å². The number of aromatic nitrogens is 2. The van der Waals surface area contributed by atoms with Crippen LogP contribution in [-0.4, -0.2) is 14.9 Å². The lowest BCUT2D eigenvalue weighted by molar-refractivity contribution is -0.384. The van der Waals surface area contributed by atoms with Crippen LogP contribution in [0.2, 0.25) is 5.15 Å². The summed E-state index contributed by atoms with van der Waals surface area (Å²) >= 11 is 5.90. The van der Waals surface area contributed by atoms with Crippen LogP contribution in [0.15, 0.2) is 30.3 Å². The minimum Gasteiger partial charge on any atom is -0.439 e. The van der Waals surface area contributed by atoms with Gasteiger partial charge in [-0.05, 0) is 6.07 Å². The maximum absolute atomic E-state index is 10.7. The van der Waals surface area contributed by atoms with Gasteiger partial charge < -0.3 is 4.74 Å². The zero-order valence-corrected chi connectivity index (χ0v) is 11.7. The summed E-state index contributed by atoms with van der Waals surface area (Å²) in [5.41, 5.74) is -0.0493. The fourth-order valence-electron chi connectivity index (χ4n) is 1.51. The van der Waals surface area contributed by atoms with Gasteiger partial charge in [0.05, 0.1) is 11.0 Å². The van der Waals surface area contributed by atoms with Crippen LogP contribution in [-0.2, 0) is 0 Å². The molecule has 0 amide bonds. The van der Waals surface area contributed by atoms with Gasteiger partial charge in [0.15, 0.2) is 0 Å². The molecule has 2 rings (SSSR count). The topological polar surface area (TPSA) is 78.2 Å². The third-order valence-corrected chi connectivity index (χ3v) is 2.65. The van der Waals surface area contributed by atoms with Crippen molar-refractivity contribution < 1.29 is 9.66 Å². The molecule has 0 aliphatic carbocycles. The highest BCUT2D eigenvalue weighted by Crippen LogP contribution is 2.26. The van der Waals surface area contributed by atoms with E-state index >= 15 is 0 Å². The fourth-order valence-corrected chi connectivity index (χ4v) is 1.69. The van der Waals surface area contributed by atoms with Crippen molar-refractivity contribution in [1.29, 1.82) is 0 Å². The van der Waals surface area contributed by atoms with Crippen LogP contribution < -0.4 is 4.74 Å². The third-order valence-electron chi connectivity index (χ3n) is 2.46. The summed E-state index contributed by atoms with van der Waals surface area (Å²) in [4.78, 5) is 18.5. The molecule has 0 unspecified atom stereocenters. The molecule has 0 aliphatic rings. The first-order chi connectivity index (χ1) is 9.45. The SMILES string of the molecule is CC(C)c1nc(Cl)cc(Oc2cccc([N+](=O)[O-])c2)n1. The summed E-state index contributed by atoms with van der Waals surface area (Å²) in [5.74, 6) is 1.23. The van der Waals surface area contributed by atoms with Gasteiger partial charge in [0, 0.05) is 18.1 Å². The van der Waals surface area contributed by atoms with E-state index in [1.165, 1.54) is 18.2 Å². The second kappa shape index (κ2) is 5.83. The van der Waals surface area contributed by atoms with E-state index in [4.69, 9.17) is 16.3 Å². The van der Waals surface area contributed by atoms with E-state index in [2.05, 4.69) is 9.97 Å². The Morgan fingerprint density at radius 3 is 2.70 bits per heavy atom. The molecule has 0 saturated heterocycles. The summed E-state index contributed by atoms with van der Waals surface area (Å²) in [6, 6.07) is 7.33. The zero-order valence-electron chi connectivity index (χ0n) is 10.9. The molecule has 1 aromatic heterocycles. The summed E-state index contributed by atoms with van der Waals surface area (Å²) in [6.07, 6.45) is 0. The molecule has 104 valence electrons. The Bertz CT molecular complexity index is 647. The Morgan fingerprint density at radius 2 is 2.05 bits per heavy atom. The predicted octanol–water partition coefficient (Wildman–Crippen LogP) is 3.95. The van der Waals surface area contributed by atoms with E-state index in [0.29, 0.717) is 11.6 Å². The second-order valence-corrected chi connectivity index (χ2v) is 4.79. The van der Waals surface area contributed by atoms with Crippen LogP contribution in [0.5, 0.6) is 11.6 Å². The van der Waals surface area contributed by atoms with Gasteiger partial charge >= 0.3 is 0 Å². The minimum atomic E-state index is -0.487. The fraction of sp³-hybridized carbons (Fsp3) is 0.231. The first kappa shape index (κ1) is 14.2. The van der Waals surface area contributed by atoms with Crippen molar-refractivity contribution in [2.75, 3.05) is 0 Å². The largest absolute Gasteiger partial charge is 0.439 e. The molecule has 7 heteroatoms. The van der Waals surface area contributed by atoms with E-state index in [9.17, 15) is 10.1 Å². The Morgan fingerprint density at radius 1 is 1.30 bits per heavy atom. The molecular weight excluding hydrogens is 282 g/mol. The second-order valence-electron chi connectivity index (χ2n) is 4.40. The van der Waals surface area contributed by atoms with Crippen LogP contribution in [0.1, 0.15) is 25.6 Å². The predicted molar refractivity (Wildman–Crippen MR) is 74.3 cm³/mol. The number of nitro groups is 1. The quantitative estimate of drug-likeness (QED) is 0.484. The molecule has 0 aliphatic heterocycles. The van der Waals surface area contributed by atoms with Crippen molar-refractivity contribution in [2.24, 2.45) is 0 Å². The number of nitro benzene ring substituents is 1. The lowest BCUT2D eigenvalue weighted by Crippen LogP contribution is -2.00. The molecular formula is C13H12ClN3O3. The highest BCUT2D eigenvalue weighted by molar-refractivity contribution is 6.29. The lowest BCUT2D eigenvalue weighted by atomic mass is 10.2. The third kappa shape index (κ3) is 3.42. The number of hydrogen-bond donors (Lipinski definition) is 0. The van der Waals surface area contributed by atoms with Crippen molar-refractivity contribution in [3.8, 4) is 11.6 Å². The van der Waals surface area contributed by atoms with Crippen molar-refractivity contribution >= 4 is 17.3 Å². The van der Waals surface area contributed by atoms with Crippen LogP contribution in [0.25, 0.3) is 0 Å². The van der Waals surface area contributed by atoms with E-state index in [0.717, 1.165) is 0 Å². The van der Waals surface area contributed by atoms with Crippen molar-refractivity contribution in [1.82, 2.24) is 9.97 Å². The van der Waals surface area contributed by atoms with Crippen molar-refractivity contribution in [3.63, 3.8) is 0 Å². The van der Waals surface area contributed by atoms with Gasteiger partial charge in [0.2, 0.25) is 5.88 Å². The molecule has 0 atom stereocenters. The van der Waals surface area contributed by atoms with Gasteiger partial charge in [-0.15, -0.1) is 0 Å². The van der Waals surface area contributed by atoms with E-state index in [1.54, 1.807) is 12.1 Å². The monoisotopic (exact) mass is 293 g/mol. The van der Waals surface area contributed by atoms with Crippen LogP contribution in [0, 0.1) is 10.1 Å². The lowest BCUT2D eigenvalue weighted by Gasteiger charge is -2.08. The summed E-state index contributed by atoms with van der Waals surface area (Å²) < 4.78 is 5.50. The van der Waals surface area contributed by atoms with Crippen molar-refractivity contribution in [2.45, 2.75) is 19.8 Å². The Labute approximate surface area is 120 Å². The number of benzene rings is 1. The Balaban J connectivity index is 2.30. The molecule has 0 spiro atoms. The zero-order chi connectivity index (χ0) is 14.7. The van der Waals surface area contributed by atoms with E-state index in [-0.39, 0.29) is 22.6 Å². The maximum atomic E-state index is 10.7. The molecule has 6 nitrogen and oxygen atoms in total. The molecule has 1 heterocycles. The Kier molecular flexibility index (Phi) is 4.14. The first-order valence-electron chi connectivity index (χ1n) is 5.92. The molecule has 0 bridgehead atoms. The van der Waals surface area contributed by atoms with Crippen LogP contribution >= 0.6 is 11.6 Å². The molecule has 2 aromatic rings. The molecule has 1 aromatic carbocycles. The molecule has 0 N–H and O–H groups in total. The number of ether oxygens (including phenoxy) is 1. The number of nitrogens with zero attached hydrogens (tertiary/aromatic N) is 3. The van der Waals surface area contributed by atoms with E-state index in [1.807, 2.05) is 13.8 Å². The smallest absolute Gasteiger partial charge is 0.273 e. The van der Waals surface area contributed by atoms with Crippen molar-refractivity contribution in [3.05, 3.63) is 51.4 Å². The summed E-state index contributed by atoms with van der Waals surface area (Å²) in [6.45, 7) is 3.87. The highest BCUT2D eigenvalue weighted by atomic mass is 35.5. The van der Waals surface area contributed by atoms with E-state index < -0.39 is 4.92 Å². The molecule has 0 saturated carbocycles. The number of rotatable bonds is 4. The summed E-state index contributed by atoms with van der Waals surface area (Å²) in [5, 5.41) is 11.0. The van der Waals surface area contributed by atoms with Gasteiger partial charge in [-0.1, -0.05) is 31.5 Å². The number of hydrogen-bond acceptors (Lipinski definition) is 5.